The Hall–Kier alpha value is -7.86. The molecule has 2 saturated carbocycles. The summed E-state index contributed by atoms with van der Waals surface area (Å²) in [6.45, 7) is 11.8. The van der Waals surface area contributed by atoms with Crippen molar-refractivity contribution in [1.82, 2.24) is 4.98 Å². The van der Waals surface area contributed by atoms with E-state index < -0.39 is 23.8 Å². The van der Waals surface area contributed by atoms with Crippen LogP contribution in [-0.4, -0.2) is 80.0 Å². The number of unbranched alkanes of at least 4 members (excludes halogenated alkanes) is 21. The molecule has 1 aromatic heterocycles. The molecule has 2 aliphatic rings. The fourth-order valence-corrected chi connectivity index (χ4v) is 12.9. The second-order valence-corrected chi connectivity index (χ2v) is 26.3. The topological polar surface area (TPSA) is 205 Å². The standard InChI is InChI=1S/C78H103N3O14S/c1-4-7-8-27-52-81(78-80-69-32-25-26-33-71(69)96-78)79-58-63-57-68(94-76(86)61-36-34-59(35-37-61)74(84)92-66-46-42-64(43-47-66)88-53-28-21-17-13-9-11-15-19-23-30-55-90-72(82)5-2)50-51-70(63)95-77(87)62-40-38-60(39-41-62)75(85)93-67-48-44-65(45-49-67)89-54-29-22-18-14-10-12-16-20-24-31-56-91-73(83)6-3/h5-6,25-26,32-33,42-51,57-62H,2-4,7-24,27-31,34-41,52-56H2,1H3. The molecule has 0 radical (unpaired) electrons. The highest BCUT2D eigenvalue weighted by Crippen LogP contribution is 2.36. The van der Waals surface area contributed by atoms with Crippen LogP contribution in [0.25, 0.3) is 10.2 Å². The Kier molecular flexibility index (Phi) is 34.7. The quantitative estimate of drug-likeness (QED) is 0.00887. The van der Waals surface area contributed by atoms with Crippen molar-refractivity contribution in [2.45, 2.75) is 212 Å². The lowest BCUT2D eigenvalue weighted by atomic mass is 9.82. The van der Waals surface area contributed by atoms with Gasteiger partial charge in [0.2, 0.25) is 5.13 Å². The summed E-state index contributed by atoms with van der Waals surface area (Å²) >= 11 is 1.55. The third-order valence-electron chi connectivity index (χ3n) is 17.8. The number of nitrogens with zero attached hydrogens (tertiary/aromatic N) is 3. The molecule has 7 rings (SSSR count). The van der Waals surface area contributed by atoms with E-state index >= 15 is 0 Å². The van der Waals surface area contributed by atoms with E-state index in [-0.39, 0.29) is 47.2 Å². The minimum absolute atomic E-state index is 0.257. The van der Waals surface area contributed by atoms with Crippen LogP contribution in [0.2, 0.25) is 0 Å². The first kappa shape index (κ1) is 75.5. The van der Waals surface area contributed by atoms with Gasteiger partial charge in [0.15, 0.2) is 0 Å². The van der Waals surface area contributed by atoms with Gasteiger partial charge in [-0.15, -0.1) is 0 Å². The molecule has 0 N–H and O–H groups in total. The number of benzene rings is 4. The lowest BCUT2D eigenvalue weighted by molar-refractivity contribution is -0.145. The number of aromatic nitrogens is 1. The Labute approximate surface area is 573 Å². The number of para-hydroxylation sites is 1. The molecule has 17 nitrogen and oxygen atoms in total. The SMILES string of the molecule is C=CC(=O)OCCCCCCCCCCCCOc1ccc(OC(=O)C2CCC(C(=O)Oc3ccc(OC(=O)C4CCC(C(=O)Oc5ccc(OCCCCCCCCCCCCOC(=O)C=C)cc5)CC4)c(C=NN(CCCCCC)c4nc5ccccc5s4)c3)CC2)cc1. The summed E-state index contributed by atoms with van der Waals surface area (Å²) in [6, 6.07) is 27.2. The molecule has 0 saturated heterocycles. The van der Waals surface area contributed by atoms with Crippen LogP contribution in [0.5, 0.6) is 34.5 Å². The Morgan fingerprint density at radius 1 is 0.458 bits per heavy atom. The van der Waals surface area contributed by atoms with Gasteiger partial charge in [-0.3, -0.25) is 19.2 Å². The first-order valence-corrected chi connectivity index (χ1v) is 36.5. The lowest BCUT2D eigenvalue weighted by Crippen LogP contribution is -2.30. The van der Waals surface area contributed by atoms with E-state index in [0.29, 0.717) is 101 Å². The average molecular weight is 1340 g/mol. The highest BCUT2D eigenvalue weighted by molar-refractivity contribution is 7.22. The molecule has 520 valence electrons. The predicted octanol–water partition coefficient (Wildman–Crippen LogP) is 18.4. The number of carbonyl (C=O) groups is 6. The van der Waals surface area contributed by atoms with Crippen LogP contribution in [0.15, 0.2) is 121 Å². The molecule has 4 aromatic carbocycles. The zero-order valence-electron chi connectivity index (χ0n) is 56.7. The van der Waals surface area contributed by atoms with Gasteiger partial charge in [-0.05, 0) is 162 Å². The third kappa shape index (κ3) is 28.1. The van der Waals surface area contributed by atoms with Crippen LogP contribution in [0, 0.1) is 23.7 Å². The molecule has 0 aliphatic heterocycles. The number of hydrogen-bond donors (Lipinski definition) is 0. The molecule has 0 spiro atoms. The van der Waals surface area contributed by atoms with E-state index in [4.69, 9.17) is 48.0 Å². The number of anilines is 1. The zero-order chi connectivity index (χ0) is 67.8. The van der Waals surface area contributed by atoms with Crippen molar-refractivity contribution in [3.05, 3.63) is 122 Å². The number of carbonyl (C=O) groups excluding carboxylic acids is 6. The van der Waals surface area contributed by atoms with Crippen molar-refractivity contribution in [2.75, 3.05) is 38.0 Å². The summed E-state index contributed by atoms with van der Waals surface area (Å²) in [5.74, 6) is -0.945. The van der Waals surface area contributed by atoms with Crippen LogP contribution in [-0.2, 0) is 38.2 Å². The molecule has 2 fully saturated rings. The van der Waals surface area contributed by atoms with Crippen LogP contribution < -0.4 is 33.4 Å². The molecular weight excluding hydrogens is 1230 g/mol. The van der Waals surface area contributed by atoms with E-state index in [1.165, 1.54) is 76.4 Å². The fraction of sp³-hybridized carbons (Fsp3) is 0.538. The summed E-state index contributed by atoms with van der Waals surface area (Å²) in [5.41, 5.74) is 1.31. The van der Waals surface area contributed by atoms with E-state index in [1.807, 2.05) is 53.5 Å². The molecule has 5 aromatic rings. The first-order valence-electron chi connectivity index (χ1n) is 35.7. The van der Waals surface area contributed by atoms with Crippen molar-refractivity contribution < 1.29 is 66.7 Å². The molecule has 2 aliphatic carbocycles. The molecule has 1 heterocycles. The number of hydrazone groups is 1. The monoisotopic (exact) mass is 1340 g/mol. The molecule has 0 bridgehead atoms. The summed E-state index contributed by atoms with van der Waals surface area (Å²) in [6.07, 6.45) is 34.2. The first-order chi connectivity index (χ1) is 47.0. The number of fused-ring (bicyclic) bond motifs is 1. The van der Waals surface area contributed by atoms with Crippen molar-refractivity contribution >= 4 is 68.7 Å². The molecule has 0 amide bonds. The van der Waals surface area contributed by atoms with Gasteiger partial charge in [-0.2, -0.15) is 5.10 Å². The minimum Gasteiger partial charge on any atom is -0.494 e. The molecule has 0 atom stereocenters. The number of thiazole rings is 1. The average Bonchev–Trinajstić information content (AvgIpc) is 1.51. The maximum atomic E-state index is 14.0. The number of ether oxygens (including phenoxy) is 8. The zero-order valence-corrected chi connectivity index (χ0v) is 57.6. The molecule has 96 heavy (non-hydrogen) atoms. The van der Waals surface area contributed by atoms with Gasteiger partial charge >= 0.3 is 35.8 Å². The second kappa shape index (κ2) is 44.1. The Bertz CT molecular complexity index is 3150. The Morgan fingerprint density at radius 2 is 0.833 bits per heavy atom. The Balaban J connectivity index is 0.839. The van der Waals surface area contributed by atoms with Crippen LogP contribution in [0.3, 0.4) is 0 Å². The smallest absolute Gasteiger partial charge is 0.330 e. The minimum atomic E-state index is -0.451. The number of rotatable bonds is 46. The third-order valence-corrected chi connectivity index (χ3v) is 18.8. The van der Waals surface area contributed by atoms with E-state index in [2.05, 4.69) is 20.1 Å². The van der Waals surface area contributed by atoms with Gasteiger partial charge in [-0.1, -0.05) is 166 Å². The summed E-state index contributed by atoms with van der Waals surface area (Å²) in [5, 5.41) is 7.56. The largest absolute Gasteiger partial charge is 0.494 e. The van der Waals surface area contributed by atoms with Gasteiger partial charge in [-0.25, -0.2) is 19.6 Å². The van der Waals surface area contributed by atoms with E-state index in [0.717, 1.165) is 117 Å². The number of hydrogen-bond acceptors (Lipinski definition) is 18. The van der Waals surface area contributed by atoms with Crippen molar-refractivity contribution in [1.29, 1.82) is 0 Å². The van der Waals surface area contributed by atoms with Crippen LogP contribution in [0.1, 0.15) is 218 Å². The molecule has 18 heteroatoms. The maximum Gasteiger partial charge on any atom is 0.330 e. The fourth-order valence-electron chi connectivity index (χ4n) is 12.0. The predicted molar refractivity (Wildman–Crippen MR) is 377 cm³/mol. The van der Waals surface area contributed by atoms with Gasteiger partial charge in [0.1, 0.15) is 34.5 Å². The van der Waals surface area contributed by atoms with Gasteiger partial charge < -0.3 is 37.9 Å². The van der Waals surface area contributed by atoms with E-state index in [1.54, 1.807) is 60.0 Å². The number of esters is 6. The van der Waals surface area contributed by atoms with Gasteiger partial charge in [0.05, 0.1) is 66.5 Å². The Morgan fingerprint density at radius 3 is 1.26 bits per heavy atom. The normalized spacial score (nSPS) is 16.1. The maximum absolute atomic E-state index is 14.0. The van der Waals surface area contributed by atoms with Gasteiger partial charge in [0.25, 0.3) is 0 Å². The van der Waals surface area contributed by atoms with Crippen molar-refractivity contribution in [2.24, 2.45) is 28.8 Å². The lowest BCUT2D eigenvalue weighted by Gasteiger charge is -2.26. The van der Waals surface area contributed by atoms with Crippen LogP contribution >= 0.6 is 11.3 Å². The van der Waals surface area contributed by atoms with Crippen molar-refractivity contribution in [3.8, 4) is 34.5 Å². The summed E-state index contributed by atoms with van der Waals surface area (Å²) < 4.78 is 46.9. The molecule has 0 unspecified atom stereocenters. The highest BCUT2D eigenvalue weighted by atomic mass is 32.1. The van der Waals surface area contributed by atoms with Crippen molar-refractivity contribution in [3.63, 3.8) is 0 Å². The molecular formula is C78H103N3O14S. The van der Waals surface area contributed by atoms with E-state index in [9.17, 15) is 28.8 Å². The summed E-state index contributed by atoms with van der Waals surface area (Å²) in [4.78, 5) is 81.8. The second-order valence-electron chi connectivity index (χ2n) is 25.3. The van der Waals surface area contributed by atoms with Gasteiger partial charge in [0, 0.05) is 24.3 Å². The summed E-state index contributed by atoms with van der Waals surface area (Å²) in [7, 11) is 0. The highest BCUT2D eigenvalue weighted by Gasteiger charge is 2.34. The van der Waals surface area contributed by atoms with Crippen LogP contribution in [0.4, 0.5) is 5.13 Å².